The Balaban J connectivity index is 2.70. The van der Waals surface area contributed by atoms with Crippen molar-refractivity contribution in [3.05, 3.63) is 29.8 Å². The zero-order chi connectivity index (χ0) is 14.5. The number of nitrogens with one attached hydrogen (secondary N) is 1. The SMILES string of the molecule is CCNC(Cc1ccc(OP(O)(O)=S)cc1)C(=O)O. The van der Waals surface area contributed by atoms with Crippen LogP contribution in [0, 0.1) is 0 Å². The van der Waals surface area contributed by atoms with E-state index in [9.17, 15) is 4.79 Å². The molecule has 4 N–H and O–H groups in total. The molecule has 0 aliphatic carbocycles. The smallest absolute Gasteiger partial charge is 0.375 e. The van der Waals surface area contributed by atoms with Gasteiger partial charge in [0.2, 0.25) is 0 Å². The van der Waals surface area contributed by atoms with Gasteiger partial charge in [-0.05, 0) is 30.7 Å². The van der Waals surface area contributed by atoms with Gasteiger partial charge in [-0.15, -0.1) is 0 Å². The first-order chi connectivity index (χ1) is 8.81. The van der Waals surface area contributed by atoms with Crippen molar-refractivity contribution in [2.45, 2.75) is 19.4 Å². The molecule has 1 aromatic rings. The standard InChI is InChI=1S/C11H16NO5PS/c1-2-12-10(11(13)14)7-8-3-5-9(6-4-8)17-18(15,16)19/h3-6,10,12H,2,7H2,1H3,(H,13,14)(H2,15,16,19). The van der Waals surface area contributed by atoms with Crippen molar-refractivity contribution in [3.63, 3.8) is 0 Å². The summed E-state index contributed by atoms with van der Waals surface area (Å²) in [5.41, 5.74) is 0.796. The topological polar surface area (TPSA) is 99.0 Å². The molecule has 1 aromatic carbocycles. The first-order valence-corrected chi connectivity index (χ1v) is 8.24. The predicted molar refractivity (Wildman–Crippen MR) is 74.6 cm³/mol. The Morgan fingerprint density at radius 3 is 2.42 bits per heavy atom. The van der Waals surface area contributed by atoms with E-state index in [-0.39, 0.29) is 5.75 Å². The third-order valence-corrected chi connectivity index (χ3v) is 3.01. The van der Waals surface area contributed by atoms with Crippen molar-refractivity contribution in [2.24, 2.45) is 0 Å². The van der Waals surface area contributed by atoms with Crippen molar-refractivity contribution < 1.29 is 24.2 Å². The van der Waals surface area contributed by atoms with Crippen LogP contribution >= 0.6 is 6.72 Å². The second-order valence-electron chi connectivity index (χ2n) is 3.88. The van der Waals surface area contributed by atoms with Crippen molar-refractivity contribution in [2.75, 3.05) is 6.54 Å². The van der Waals surface area contributed by atoms with E-state index in [1.165, 1.54) is 12.1 Å². The van der Waals surface area contributed by atoms with Crippen LogP contribution < -0.4 is 9.84 Å². The van der Waals surface area contributed by atoms with Gasteiger partial charge in [-0.2, -0.15) is 0 Å². The molecule has 8 heteroatoms. The second kappa shape index (κ2) is 6.98. The highest BCUT2D eigenvalue weighted by atomic mass is 32.5. The number of benzene rings is 1. The fourth-order valence-corrected chi connectivity index (χ4v) is 2.21. The number of carboxylic acids is 1. The van der Waals surface area contributed by atoms with E-state index < -0.39 is 18.7 Å². The fraction of sp³-hybridized carbons (Fsp3) is 0.364. The third-order valence-electron chi connectivity index (χ3n) is 2.34. The summed E-state index contributed by atoms with van der Waals surface area (Å²) in [6.45, 7) is -1.33. The molecule has 0 saturated heterocycles. The Labute approximate surface area is 116 Å². The van der Waals surface area contributed by atoms with Gasteiger partial charge in [0.1, 0.15) is 11.8 Å². The highest BCUT2D eigenvalue weighted by Crippen LogP contribution is 2.37. The van der Waals surface area contributed by atoms with Gasteiger partial charge in [-0.3, -0.25) is 4.79 Å². The Bertz CT molecular complexity index is 472. The number of aliphatic carboxylic acids is 1. The molecule has 0 bridgehead atoms. The van der Waals surface area contributed by atoms with Crippen LogP contribution in [0.25, 0.3) is 0 Å². The maximum atomic E-state index is 11.0. The lowest BCUT2D eigenvalue weighted by molar-refractivity contribution is -0.139. The highest BCUT2D eigenvalue weighted by molar-refractivity contribution is 8.06. The largest absolute Gasteiger partial charge is 0.480 e. The molecule has 0 aliphatic heterocycles. The van der Waals surface area contributed by atoms with Crippen LogP contribution in [0.2, 0.25) is 0 Å². The summed E-state index contributed by atoms with van der Waals surface area (Å²) in [4.78, 5) is 29.0. The fourth-order valence-electron chi connectivity index (χ4n) is 1.55. The van der Waals surface area contributed by atoms with Crippen molar-refractivity contribution >= 4 is 24.5 Å². The van der Waals surface area contributed by atoms with Gasteiger partial charge in [0.15, 0.2) is 0 Å². The zero-order valence-electron chi connectivity index (χ0n) is 10.3. The summed E-state index contributed by atoms with van der Waals surface area (Å²) in [5.74, 6) is -0.671. The van der Waals surface area contributed by atoms with Crippen LogP contribution in [0.15, 0.2) is 24.3 Å². The van der Waals surface area contributed by atoms with Gasteiger partial charge in [0.05, 0.1) is 0 Å². The number of hydrogen-bond acceptors (Lipinski definition) is 4. The lowest BCUT2D eigenvalue weighted by Crippen LogP contribution is -2.38. The monoisotopic (exact) mass is 305 g/mol. The van der Waals surface area contributed by atoms with E-state index in [0.717, 1.165) is 5.56 Å². The van der Waals surface area contributed by atoms with Crippen LogP contribution in [0.3, 0.4) is 0 Å². The Morgan fingerprint density at radius 2 is 2.00 bits per heavy atom. The second-order valence-corrected chi connectivity index (χ2v) is 6.47. The average Bonchev–Trinajstić information content (AvgIpc) is 2.29. The van der Waals surface area contributed by atoms with E-state index in [1.807, 2.05) is 6.92 Å². The third kappa shape index (κ3) is 6.13. The Morgan fingerprint density at radius 1 is 1.42 bits per heavy atom. The quantitative estimate of drug-likeness (QED) is 0.555. The first-order valence-electron chi connectivity index (χ1n) is 5.62. The van der Waals surface area contributed by atoms with E-state index in [1.54, 1.807) is 12.1 Å². The molecule has 0 aliphatic rings. The van der Waals surface area contributed by atoms with Crippen LogP contribution in [0.5, 0.6) is 5.75 Å². The zero-order valence-corrected chi connectivity index (χ0v) is 12.0. The molecule has 0 spiro atoms. The number of carbonyl (C=O) groups is 1. The van der Waals surface area contributed by atoms with Crippen LogP contribution in [0.4, 0.5) is 0 Å². The van der Waals surface area contributed by atoms with Gasteiger partial charge in [-0.1, -0.05) is 19.1 Å². The average molecular weight is 305 g/mol. The molecule has 0 amide bonds. The van der Waals surface area contributed by atoms with Gasteiger partial charge in [-0.25, -0.2) is 0 Å². The molecule has 1 rings (SSSR count). The van der Waals surface area contributed by atoms with Gasteiger partial charge in [0, 0.05) is 11.8 Å². The maximum Gasteiger partial charge on any atom is 0.375 e. The molecule has 106 valence electrons. The minimum absolute atomic E-state index is 0.243. The molecule has 0 saturated carbocycles. The molecular formula is C11H16NO5PS. The summed E-state index contributed by atoms with van der Waals surface area (Å²) in [6.07, 6.45) is 0.329. The van der Waals surface area contributed by atoms with E-state index in [4.69, 9.17) is 19.4 Å². The normalized spacial score (nSPS) is 13.0. The van der Waals surface area contributed by atoms with E-state index in [2.05, 4.69) is 17.1 Å². The minimum Gasteiger partial charge on any atom is -0.480 e. The predicted octanol–water partition coefficient (Wildman–Crippen LogP) is 0.880. The van der Waals surface area contributed by atoms with E-state index in [0.29, 0.717) is 13.0 Å². The first kappa shape index (κ1) is 16.1. The number of hydrogen-bond donors (Lipinski definition) is 4. The molecule has 6 nitrogen and oxygen atoms in total. The molecule has 1 atom stereocenters. The Hall–Kier alpha value is -0.980. The van der Waals surface area contributed by atoms with Crippen molar-refractivity contribution in [3.8, 4) is 5.75 Å². The number of rotatable bonds is 7. The summed E-state index contributed by atoms with van der Waals surface area (Å²) < 4.78 is 4.76. The van der Waals surface area contributed by atoms with E-state index >= 15 is 0 Å². The lowest BCUT2D eigenvalue weighted by atomic mass is 10.1. The molecular weight excluding hydrogens is 289 g/mol. The van der Waals surface area contributed by atoms with Gasteiger partial charge in [0.25, 0.3) is 0 Å². The molecule has 0 fully saturated rings. The summed E-state index contributed by atoms with van der Waals surface area (Å²) in [7, 11) is 0. The number of carboxylic acid groups (broad SMARTS) is 1. The maximum absolute atomic E-state index is 11.0. The molecule has 19 heavy (non-hydrogen) atoms. The summed E-state index contributed by atoms with van der Waals surface area (Å²) >= 11 is 4.35. The molecule has 1 unspecified atom stereocenters. The molecule has 0 heterocycles. The molecule has 0 aromatic heterocycles. The molecule has 0 radical (unpaired) electrons. The van der Waals surface area contributed by atoms with Gasteiger partial charge >= 0.3 is 12.7 Å². The Kier molecular flexibility index (Phi) is 5.90. The van der Waals surface area contributed by atoms with Crippen molar-refractivity contribution in [1.29, 1.82) is 0 Å². The van der Waals surface area contributed by atoms with Crippen molar-refractivity contribution in [1.82, 2.24) is 5.32 Å². The van der Waals surface area contributed by atoms with Crippen LogP contribution in [0.1, 0.15) is 12.5 Å². The van der Waals surface area contributed by atoms with Crippen LogP contribution in [-0.2, 0) is 23.0 Å². The highest BCUT2D eigenvalue weighted by Gasteiger charge is 2.16. The number of likely N-dealkylation sites (N-methyl/N-ethyl adjacent to an activating group) is 1. The van der Waals surface area contributed by atoms with Gasteiger partial charge < -0.3 is 24.7 Å². The lowest BCUT2D eigenvalue weighted by Gasteiger charge is -2.14. The minimum atomic E-state index is -3.73. The van der Waals surface area contributed by atoms with Crippen LogP contribution in [-0.4, -0.2) is 33.4 Å². The summed E-state index contributed by atoms with van der Waals surface area (Å²) in [5, 5.41) is 11.9. The summed E-state index contributed by atoms with van der Waals surface area (Å²) in [6, 6.07) is 5.71.